The minimum atomic E-state index is -3.59. The Kier molecular flexibility index (Phi) is 17.0. The third-order valence-electron chi connectivity index (χ3n) is 10.4. The van der Waals surface area contributed by atoms with Crippen molar-refractivity contribution in [3.63, 3.8) is 0 Å². The van der Waals surface area contributed by atoms with Crippen molar-refractivity contribution in [1.82, 2.24) is 0 Å². The first-order valence-corrected chi connectivity index (χ1v) is 25.7. The molecule has 1 aromatic rings. The van der Waals surface area contributed by atoms with Crippen molar-refractivity contribution in [2.45, 2.75) is 134 Å². The molecule has 51 heavy (non-hydrogen) atoms. The molecule has 0 saturated carbocycles. The maximum atomic E-state index is 13.7. The Hall–Kier alpha value is -2.57. The second kappa shape index (κ2) is 19.5. The van der Waals surface area contributed by atoms with Gasteiger partial charge >= 0.3 is 5.97 Å². The molecule has 1 aliphatic rings. The van der Waals surface area contributed by atoms with Crippen LogP contribution in [0.4, 0.5) is 0 Å². The van der Waals surface area contributed by atoms with Crippen LogP contribution in [0.5, 0.6) is 0 Å². The van der Waals surface area contributed by atoms with Crippen LogP contribution in [0.3, 0.4) is 0 Å². The summed E-state index contributed by atoms with van der Waals surface area (Å²) in [5.74, 6) is -0.102. The molecule has 3 atom stereocenters. The van der Waals surface area contributed by atoms with Gasteiger partial charge in [0.1, 0.15) is 6.10 Å². The minimum absolute atomic E-state index is 0.144. The highest BCUT2D eigenvalue weighted by Gasteiger charge is 2.38. The number of allylic oxidation sites excluding steroid dienone is 6. The van der Waals surface area contributed by atoms with Crippen LogP contribution < -0.4 is 0 Å². The molecule has 0 aliphatic carbocycles. The van der Waals surface area contributed by atoms with Crippen molar-refractivity contribution < 1.29 is 26.8 Å². The summed E-state index contributed by atoms with van der Waals surface area (Å²) >= 11 is 0. The summed E-state index contributed by atoms with van der Waals surface area (Å²) in [6.45, 7) is 28.0. The minimum Gasteiger partial charge on any atom is -0.454 e. The zero-order valence-electron chi connectivity index (χ0n) is 33.5. The average molecular weight is 755 g/mol. The molecule has 2 rings (SSSR count). The molecule has 1 aliphatic heterocycles. The van der Waals surface area contributed by atoms with E-state index in [-0.39, 0.29) is 28.1 Å². The van der Waals surface area contributed by atoms with Crippen LogP contribution in [-0.2, 0) is 28.2 Å². The quantitative estimate of drug-likeness (QED) is 0.0606. The summed E-state index contributed by atoms with van der Waals surface area (Å²) in [6.07, 6.45) is 21.7. The number of ether oxygens (including phenoxy) is 1. The number of hydrogen-bond acceptors (Lipinski definition) is 6. The molecule has 6 nitrogen and oxygen atoms in total. The molecular weight excluding hydrogens is 689 g/mol. The topological polar surface area (TPSA) is 78.9 Å². The van der Waals surface area contributed by atoms with Crippen molar-refractivity contribution in [1.29, 1.82) is 0 Å². The van der Waals surface area contributed by atoms with E-state index in [4.69, 9.17) is 13.6 Å². The fourth-order valence-electron chi connectivity index (χ4n) is 4.72. The van der Waals surface area contributed by atoms with Gasteiger partial charge in [0.2, 0.25) is 0 Å². The van der Waals surface area contributed by atoms with Gasteiger partial charge in [-0.3, -0.25) is 0 Å². The van der Waals surface area contributed by atoms with E-state index in [0.717, 1.165) is 12.0 Å². The molecule has 0 aromatic heterocycles. The first kappa shape index (κ1) is 44.6. The van der Waals surface area contributed by atoms with E-state index in [0.29, 0.717) is 37.4 Å². The van der Waals surface area contributed by atoms with Crippen molar-refractivity contribution in [3.8, 4) is 0 Å². The molecule has 0 saturated heterocycles. The van der Waals surface area contributed by atoms with Crippen LogP contribution in [0, 0.1) is 5.92 Å². The number of sulfone groups is 1. The van der Waals surface area contributed by atoms with Gasteiger partial charge in [-0.05, 0) is 91.6 Å². The lowest BCUT2D eigenvalue weighted by Gasteiger charge is -2.36. The van der Waals surface area contributed by atoms with E-state index in [1.165, 1.54) is 11.6 Å². The van der Waals surface area contributed by atoms with E-state index in [1.807, 2.05) is 49.4 Å². The van der Waals surface area contributed by atoms with Crippen LogP contribution in [0.1, 0.15) is 81.1 Å². The third kappa shape index (κ3) is 14.8. The Bertz CT molecular complexity index is 1550. The van der Waals surface area contributed by atoms with Gasteiger partial charge in [0, 0.05) is 19.1 Å². The summed E-state index contributed by atoms with van der Waals surface area (Å²) in [7, 11) is -7.32. The average Bonchev–Trinajstić information content (AvgIpc) is 3.35. The molecule has 0 radical (unpaired) electrons. The number of esters is 1. The first-order valence-electron chi connectivity index (χ1n) is 18.4. The molecule has 0 amide bonds. The second-order valence-corrected chi connectivity index (χ2v) is 28.5. The van der Waals surface area contributed by atoms with Gasteiger partial charge in [0.05, 0.1) is 16.8 Å². The van der Waals surface area contributed by atoms with Crippen LogP contribution in [-0.4, -0.2) is 55.6 Å². The molecule has 1 heterocycles. The van der Waals surface area contributed by atoms with E-state index in [1.54, 1.807) is 24.3 Å². The molecule has 9 heteroatoms. The van der Waals surface area contributed by atoms with Gasteiger partial charge in [0.25, 0.3) is 0 Å². The summed E-state index contributed by atoms with van der Waals surface area (Å²) in [5, 5.41) is -0.398. The molecule has 1 unspecified atom stereocenters. The molecular formula is C42H66O6SSi2. The van der Waals surface area contributed by atoms with E-state index < -0.39 is 31.7 Å². The van der Waals surface area contributed by atoms with Crippen molar-refractivity contribution in [2.75, 3.05) is 13.2 Å². The SMILES string of the molecule is CC1=CC(=O)O[C@@H]1C/C=C\C=C\CC(/C=C/C[C@H](C)/C=C/C(=C\CO[Si](C)(C)C(C)(C)C)CCO[Si](C)(C)C(C)(C)C)S(=O)(=O)c1ccccc1. The number of carbonyl (C=O) groups is 1. The van der Waals surface area contributed by atoms with Crippen molar-refractivity contribution >= 4 is 32.4 Å². The van der Waals surface area contributed by atoms with E-state index in [9.17, 15) is 13.2 Å². The number of rotatable bonds is 19. The Labute approximate surface area is 313 Å². The fraction of sp³-hybridized carbons (Fsp3) is 0.548. The zero-order valence-corrected chi connectivity index (χ0v) is 36.3. The number of carbonyl (C=O) groups excluding carboxylic acids is 1. The van der Waals surface area contributed by atoms with Crippen molar-refractivity contribution in [3.05, 3.63) is 102 Å². The molecule has 0 spiro atoms. The molecule has 284 valence electrons. The van der Waals surface area contributed by atoms with Gasteiger partial charge in [-0.15, -0.1) is 0 Å². The summed E-state index contributed by atoms with van der Waals surface area (Å²) in [4.78, 5) is 11.8. The van der Waals surface area contributed by atoms with Crippen LogP contribution in [0.2, 0.25) is 36.3 Å². The number of hydrogen-bond donors (Lipinski definition) is 0. The third-order valence-corrected chi connectivity index (χ3v) is 21.6. The Morgan fingerprint density at radius 1 is 0.882 bits per heavy atom. The Morgan fingerprint density at radius 3 is 2.08 bits per heavy atom. The normalized spacial score (nSPS) is 18.4. The molecule has 1 aromatic carbocycles. The Balaban J connectivity index is 2.15. The smallest absolute Gasteiger partial charge is 0.331 e. The lowest BCUT2D eigenvalue weighted by Crippen LogP contribution is -2.41. The maximum Gasteiger partial charge on any atom is 0.331 e. The monoisotopic (exact) mass is 754 g/mol. The van der Waals surface area contributed by atoms with Gasteiger partial charge in [-0.2, -0.15) is 0 Å². The van der Waals surface area contributed by atoms with E-state index >= 15 is 0 Å². The van der Waals surface area contributed by atoms with Gasteiger partial charge in [-0.25, -0.2) is 13.2 Å². The lowest BCUT2D eigenvalue weighted by atomic mass is 10.0. The van der Waals surface area contributed by atoms with Gasteiger partial charge < -0.3 is 13.6 Å². The number of benzene rings is 1. The first-order chi connectivity index (χ1) is 23.6. The van der Waals surface area contributed by atoms with Crippen LogP contribution >= 0.6 is 0 Å². The van der Waals surface area contributed by atoms with Crippen LogP contribution in [0.15, 0.2) is 107 Å². The lowest BCUT2D eigenvalue weighted by molar-refractivity contribution is -0.138. The second-order valence-electron chi connectivity index (χ2n) is 16.7. The van der Waals surface area contributed by atoms with Gasteiger partial charge in [0.15, 0.2) is 26.5 Å². The molecule has 0 fully saturated rings. The van der Waals surface area contributed by atoms with E-state index in [2.05, 4.69) is 92.9 Å². The highest BCUT2D eigenvalue weighted by molar-refractivity contribution is 7.92. The standard InChI is InChI=1S/C42H66O6SSi2/c1-34(27-28-36(29-31-46-50(9,10)41(3,4)5)30-32-47-51(11,12)42(6,7)8)21-20-25-38(49(44,45)37-23-17-15-18-24-37)22-16-13-14-19-26-39-35(2)33-40(43)48-39/h13-20,23-25,27-29,33-34,38-39H,21-22,26,30-32H2,1-12H3/b16-13+,19-14-,25-20+,28-27+,36-29+/t34-,38?,39+/m0/s1. The predicted octanol–water partition coefficient (Wildman–Crippen LogP) is 11.1. The van der Waals surface area contributed by atoms with Gasteiger partial charge in [-0.1, -0.05) is 121 Å². The summed E-state index contributed by atoms with van der Waals surface area (Å²) < 4.78 is 45.6. The van der Waals surface area contributed by atoms with Crippen LogP contribution in [0.25, 0.3) is 0 Å². The highest BCUT2D eigenvalue weighted by Crippen LogP contribution is 2.37. The fourth-order valence-corrected chi connectivity index (χ4v) is 8.27. The van der Waals surface area contributed by atoms with Crippen molar-refractivity contribution in [2.24, 2.45) is 5.92 Å². The molecule has 0 N–H and O–H groups in total. The summed E-state index contributed by atoms with van der Waals surface area (Å²) in [6, 6.07) is 8.64. The largest absolute Gasteiger partial charge is 0.454 e. The predicted molar refractivity (Wildman–Crippen MR) is 220 cm³/mol. The summed E-state index contributed by atoms with van der Waals surface area (Å²) in [5.41, 5.74) is 2.11. The number of cyclic esters (lactones) is 1. The zero-order chi connectivity index (χ0) is 38.5. The Morgan fingerprint density at radius 2 is 1.49 bits per heavy atom. The molecule has 0 bridgehead atoms. The highest BCUT2D eigenvalue weighted by atomic mass is 32.2. The maximum absolute atomic E-state index is 13.7.